The number of hydrogen-bond acceptors (Lipinski definition) is 1. The summed E-state index contributed by atoms with van der Waals surface area (Å²) < 4.78 is 5.40. The van der Waals surface area contributed by atoms with Gasteiger partial charge in [0, 0.05) is 0 Å². The maximum Gasteiger partial charge on any atom is 0.115 e. The average molecular weight is 194 g/mol. The van der Waals surface area contributed by atoms with E-state index in [1.54, 1.807) is 6.08 Å². The predicted molar refractivity (Wildman–Crippen MR) is 63.1 cm³/mol. The van der Waals surface area contributed by atoms with Crippen LogP contribution in [0.15, 0.2) is 36.6 Å². The Morgan fingerprint density at radius 3 is 2.64 bits per heavy atom. The lowest BCUT2D eigenvalue weighted by molar-refractivity contribution is 0.261. The summed E-state index contributed by atoms with van der Waals surface area (Å²) in [5.74, 6) is 1.69. The van der Waals surface area contributed by atoms with Crippen LogP contribution in [0.1, 0.15) is 33.6 Å². The molecule has 0 atom stereocenters. The Balaban J connectivity index is 3.75. The largest absolute Gasteiger partial charge is 0.490 e. The summed E-state index contributed by atoms with van der Waals surface area (Å²) in [4.78, 5) is 0. The van der Waals surface area contributed by atoms with Crippen molar-refractivity contribution < 1.29 is 4.74 Å². The normalized spacial score (nSPS) is 12.4. The lowest BCUT2D eigenvalue weighted by atomic mass is 10.1. The number of allylic oxidation sites excluding steroid dienone is 3. The molecule has 1 heteroatoms. The van der Waals surface area contributed by atoms with Crippen LogP contribution in [0.25, 0.3) is 0 Å². The van der Waals surface area contributed by atoms with E-state index >= 15 is 0 Å². The van der Waals surface area contributed by atoms with Crippen LogP contribution in [0, 0.1) is 5.92 Å². The van der Waals surface area contributed by atoms with Crippen molar-refractivity contribution in [1.29, 1.82) is 0 Å². The van der Waals surface area contributed by atoms with Crippen molar-refractivity contribution >= 4 is 0 Å². The van der Waals surface area contributed by atoms with Crippen molar-refractivity contribution in [2.45, 2.75) is 33.6 Å². The van der Waals surface area contributed by atoms with E-state index in [9.17, 15) is 0 Å². The van der Waals surface area contributed by atoms with Crippen molar-refractivity contribution in [2.24, 2.45) is 5.92 Å². The molecule has 0 bridgehead atoms. The molecular weight excluding hydrogens is 172 g/mol. The van der Waals surface area contributed by atoms with Crippen LogP contribution in [0.3, 0.4) is 0 Å². The number of rotatable bonds is 7. The zero-order chi connectivity index (χ0) is 10.8. The van der Waals surface area contributed by atoms with Crippen LogP contribution in [0.4, 0.5) is 0 Å². The van der Waals surface area contributed by atoms with E-state index in [0.717, 1.165) is 18.1 Å². The van der Waals surface area contributed by atoms with Gasteiger partial charge in [-0.3, -0.25) is 0 Å². The minimum Gasteiger partial charge on any atom is -0.490 e. The van der Waals surface area contributed by atoms with Gasteiger partial charge < -0.3 is 4.74 Å². The highest BCUT2D eigenvalue weighted by molar-refractivity contribution is 5.11. The first-order valence-electron chi connectivity index (χ1n) is 5.27. The van der Waals surface area contributed by atoms with Gasteiger partial charge in [0.2, 0.25) is 0 Å². The topological polar surface area (TPSA) is 9.23 Å². The molecule has 0 N–H and O–H groups in total. The molecule has 0 unspecified atom stereocenters. The molecule has 0 heterocycles. The Morgan fingerprint density at radius 2 is 2.14 bits per heavy atom. The number of ether oxygens (including phenoxy) is 1. The molecule has 0 aliphatic carbocycles. The molecule has 80 valence electrons. The van der Waals surface area contributed by atoms with Crippen LogP contribution in [-0.4, -0.2) is 6.61 Å². The average Bonchev–Trinajstić information content (AvgIpc) is 2.16. The second-order valence-corrected chi connectivity index (χ2v) is 3.66. The maximum atomic E-state index is 5.40. The molecule has 0 aromatic carbocycles. The van der Waals surface area contributed by atoms with Gasteiger partial charge in [-0.15, -0.1) is 0 Å². The summed E-state index contributed by atoms with van der Waals surface area (Å²) in [7, 11) is 0. The predicted octanol–water partition coefficient (Wildman–Crippen LogP) is 4.09. The monoisotopic (exact) mass is 194 g/mol. The zero-order valence-electron chi connectivity index (χ0n) is 9.62. The molecule has 14 heavy (non-hydrogen) atoms. The Hall–Kier alpha value is -0.980. The first kappa shape index (κ1) is 13.0. The Labute approximate surface area is 88.2 Å². The van der Waals surface area contributed by atoms with Gasteiger partial charge in [0.1, 0.15) is 12.4 Å². The first-order valence-corrected chi connectivity index (χ1v) is 5.27. The van der Waals surface area contributed by atoms with Gasteiger partial charge in [0.05, 0.1) is 0 Å². The standard InChI is InChI=1S/C13H22O/c1-5-11-14-13(6-2)10-8-7-9-12(3)4/h5-6,8,10,12H,1,7,9,11H2,2-4H3/b10-8-,13-6+. The second kappa shape index (κ2) is 8.61. The summed E-state index contributed by atoms with van der Waals surface area (Å²) >= 11 is 0. The van der Waals surface area contributed by atoms with E-state index < -0.39 is 0 Å². The van der Waals surface area contributed by atoms with Gasteiger partial charge in [-0.25, -0.2) is 0 Å². The summed E-state index contributed by atoms with van der Waals surface area (Å²) in [5, 5.41) is 0. The molecule has 0 aliphatic heterocycles. The van der Waals surface area contributed by atoms with Crippen LogP contribution in [0.2, 0.25) is 0 Å². The highest BCUT2D eigenvalue weighted by Gasteiger charge is 1.91. The minimum absolute atomic E-state index is 0.578. The fraction of sp³-hybridized carbons (Fsp3) is 0.538. The first-order chi connectivity index (χ1) is 6.70. The van der Waals surface area contributed by atoms with E-state index in [1.807, 2.05) is 19.1 Å². The van der Waals surface area contributed by atoms with Crippen LogP contribution < -0.4 is 0 Å². The van der Waals surface area contributed by atoms with Crippen LogP contribution in [-0.2, 0) is 4.74 Å². The minimum atomic E-state index is 0.578. The quantitative estimate of drug-likeness (QED) is 0.337. The summed E-state index contributed by atoms with van der Waals surface area (Å²) in [6.45, 7) is 10.6. The van der Waals surface area contributed by atoms with Crippen molar-refractivity contribution in [2.75, 3.05) is 6.61 Å². The molecule has 0 radical (unpaired) electrons. The molecule has 1 nitrogen and oxygen atoms in total. The third-order valence-electron chi connectivity index (χ3n) is 1.85. The van der Waals surface area contributed by atoms with Gasteiger partial charge in [-0.2, -0.15) is 0 Å². The SMILES string of the molecule is C=CCOC(/C=C\CCC(C)C)=C/C. The molecule has 0 amide bonds. The van der Waals surface area contributed by atoms with Gasteiger partial charge >= 0.3 is 0 Å². The third-order valence-corrected chi connectivity index (χ3v) is 1.85. The Kier molecular flexibility index (Phi) is 8.01. The third kappa shape index (κ3) is 7.66. The smallest absolute Gasteiger partial charge is 0.115 e. The van der Waals surface area contributed by atoms with Gasteiger partial charge in [-0.05, 0) is 37.8 Å². The molecular formula is C13H22O. The molecule has 0 saturated carbocycles. The van der Waals surface area contributed by atoms with E-state index in [0.29, 0.717) is 6.61 Å². The zero-order valence-corrected chi connectivity index (χ0v) is 9.62. The maximum absolute atomic E-state index is 5.40. The van der Waals surface area contributed by atoms with E-state index in [1.165, 1.54) is 6.42 Å². The van der Waals surface area contributed by atoms with Crippen LogP contribution in [0.5, 0.6) is 0 Å². The van der Waals surface area contributed by atoms with Gasteiger partial charge in [0.25, 0.3) is 0 Å². The second-order valence-electron chi connectivity index (χ2n) is 3.66. The molecule has 0 fully saturated rings. The molecule has 0 saturated heterocycles. The van der Waals surface area contributed by atoms with E-state index in [2.05, 4.69) is 26.5 Å². The van der Waals surface area contributed by atoms with E-state index in [4.69, 9.17) is 4.74 Å². The van der Waals surface area contributed by atoms with Gasteiger partial charge in [0.15, 0.2) is 0 Å². The summed E-state index contributed by atoms with van der Waals surface area (Å²) in [5.41, 5.74) is 0. The highest BCUT2D eigenvalue weighted by atomic mass is 16.5. The lowest BCUT2D eigenvalue weighted by Crippen LogP contribution is -1.89. The van der Waals surface area contributed by atoms with Crippen molar-refractivity contribution in [3.63, 3.8) is 0 Å². The fourth-order valence-electron chi connectivity index (χ4n) is 1.01. The van der Waals surface area contributed by atoms with Crippen molar-refractivity contribution in [3.05, 3.63) is 36.6 Å². The Morgan fingerprint density at radius 1 is 1.43 bits per heavy atom. The summed E-state index contributed by atoms with van der Waals surface area (Å²) in [6.07, 6.45) is 10.3. The molecule has 0 rings (SSSR count). The Bertz CT molecular complexity index is 199. The molecule has 0 aromatic rings. The van der Waals surface area contributed by atoms with Crippen molar-refractivity contribution in [3.8, 4) is 0 Å². The van der Waals surface area contributed by atoms with Crippen LogP contribution >= 0.6 is 0 Å². The highest BCUT2D eigenvalue weighted by Crippen LogP contribution is 2.06. The number of hydrogen-bond donors (Lipinski definition) is 0. The summed E-state index contributed by atoms with van der Waals surface area (Å²) in [6, 6.07) is 0. The van der Waals surface area contributed by atoms with Crippen molar-refractivity contribution in [1.82, 2.24) is 0 Å². The van der Waals surface area contributed by atoms with Gasteiger partial charge in [-0.1, -0.05) is 32.6 Å². The van der Waals surface area contributed by atoms with E-state index in [-0.39, 0.29) is 0 Å². The lowest BCUT2D eigenvalue weighted by Gasteiger charge is -2.03. The molecule has 0 aliphatic rings. The fourth-order valence-corrected chi connectivity index (χ4v) is 1.01. The molecule has 0 spiro atoms. The molecule has 0 aromatic heterocycles.